The van der Waals surface area contributed by atoms with Crippen molar-refractivity contribution in [2.75, 3.05) is 26.5 Å². The maximum absolute atomic E-state index is 12.7. The van der Waals surface area contributed by atoms with E-state index in [-0.39, 0.29) is 29.4 Å². The second-order valence-electron chi connectivity index (χ2n) is 8.88. The third-order valence-corrected chi connectivity index (χ3v) is 6.42. The van der Waals surface area contributed by atoms with Gasteiger partial charge >= 0.3 is 5.97 Å². The van der Waals surface area contributed by atoms with Gasteiger partial charge in [-0.25, -0.2) is 4.79 Å². The zero-order valence-electron chi connectivity index (χ0n) is 16.8. The third-order valence-electron chi connectivity index (χ3n) is 5.69. The summed E-state index contributed by atoms with van der Waals surface area (Å²) in [7, 11) is 1.52. The molecule has 3 rings (SSSR count). The van der Waals surface area contributed by atoms with Gasteiger partial charge in [0.2, 0.25) is 0 Å². The van der Waals surface area contributed by atoms with E-state index >= 15 is 0 Å². The molecular weight excluding hydrogens is 362 g/mol. The molecule has 2 atom stereocenters. The molecule has 2 fully saturated rings. The van der Waals surface area contributed by atoms with E-state index in [9.17, 15) is 9.59 Å². The van der Waals surface area contributed by atoms with Gasteiger partial charge in [0.25, 0.3) is 5.91 Å². The quantitative estimate of drug-likeness (QED) is 0.561. The molecule has 0 spiro atoms. The van der Waals surface area contributed by atoms with Gasteiger partial charge in [0.15, 0.2) is 6.61 Å². The van der Waals surface area contributed by atoms with Crippen molar-refractivity contribution in [2.24, 2.45) is 10.8 Å². The van der Waals surface area contributed by atoms with Crippen LogP contribution in [0.15, 0.2) is 23.1 Å². The number of hydrogen-bond acceptors (Lipinski definition) is 5. The Kier molecular flexibility index (Phi) is 5.48. The Bertz CT molecular complexity index is 748. The number of hydrogen-bond donors (Lipinski definition) is 0. The van der Waals surface area contributed by atoms with Crippen LogP contribution < -0.4 is 4.74 Å². The molecule has 1 amide bonds. The van der Waals surface area contributed by atoms with Gasteiger partial charge < -0.3 is 14.4 Å². The maximum Gasteiger partial charge on any atom is 0.342 e. The van der Waals surface area contributed by atoms with Gasteiger partial charge in [-0.3, -0.25) is 4.79 Å². The molecule has 1 aromatic carbocycles. The zero-order valence-corrected chi connectivity index (χ0v) is 17.6. The number of carbonyl (C=O) groups is 2. The molecule has 1 aromatic rings. The highest BCUT2D eigenvalue weighted by molar-refractivity contribution is 7.98. The molecule has 2 bridgehead atoms. The summed E-state index contributed by atoms with van der Waals surface area (Å²) in [6.45, 7) is 7.34. The van der Waals surface area contributed by atoms with E-state index in [2.05, 4.69) is 20.8 Å². The predicted octanol–water partition coefficient (Wildman–Crippen LogP) is 4.00. The molecule has 0 unspecified atom stereocenters. The van der Waals surface area contributed by atoms with Crippen LogP contribution >= 0.6 is 11.8 Å². The molecule has 6 heteroatoms. The lowest BCUT2D eigenvalue weighted by atomic mass is 9.65. The molecule has 148 valence electrons. The fourth-order valence-electron chi connectivity index (χ4n) is 5.01. The average Bonchev–Trinajstić information content (AvgIpc) is 2.87. The Morgan fingerprint density at radius 3 is 2.67 bits per heavy atom. The molecule has 0 aromatic heterocycles. The van der Waals surface area contributed by atoms with Gasteiger partial charge in [-0.05, 0) is 54.5 Å². The number of benzene rings is 1. The van der Waals surface area contributed by atoms with E-state index in [1.807, 2.05) is 17.2 Å². The standard InChI is InChI=1S/C21H29NO4S/c1-20(2)9-14-10-21(3,12-20)13-22(14)18(23)11-26-19(24)16-7-6-15(27-5)8-17(16)25-4/h6-8,14H,9-13H2,1-5H3/t14-,21-/m0/s1. The fourth-order valence-corrected chi connectivity index (χ4v) is 5.44. The number of fused-ring (bicyclic) bond motifs is 2. The summed E-state index contributed by atoms with van der Waals surface area (Å²) in [5.41, 5.74) is 0.759. The number of rotatable bonds is 5. The van der Waals surface area contributed by atoms with Crippen molar-refractivity contribution in [3.63, 3.8) is 0 Å². The van der Waals surface area contributed by atoms with Gasteiger partial charge in [-0.2, -0.15) is 0 Å². The Morgan fingerprint density at radius 1 is 1.26 bits per heavy atom. The Balaban J connectivity index is 1.64. The minimum atomic E-state index is -0.526. The molecule has 2 aliphatic rings. The molecule has 0 radical (unpaired) electrons. The van der Waals surface area contributed by atoms with Crippen LogP contribution in [0.25, 0.3) is 0 Å². The fraction of sp³-hybridized carbons (Fsp3) is 0.619. The zero-order chi connectivity index (χ0) is 19.8. The number of nitrogens with zero attached hydrogens (tertiary/aromatic N) is 1. The molecule has 5 nitrogen and oxygen atoms in total. The molecule has 27 heavy (non-hydrogen) atoms. The molecule has 1 saturated carbocycles. The highest BCUT2D eigenvalue weighted by atomic mass is 32.2. The number of ether oxygens (including phenoxy) is 2. The summed E-state index contributed by atoms with van der Waals surface area (Å²) in [5, 5.41) is 0. The topological polar surface area (TPSA) is 55.8 Å². The molecular formula is C21H29NO4S. The molecule has 1 aliphatic carbocycles. The largest absolute Gasteiger partial charge is 0.496 e. The second-order valence-corrected chi connectivity index (χ2v) is 9.76. The van der Waals surface area contributed by atoms with E-state index in [1.165, 1.54) is 7.11 Å². The Labute approximate surface area is 165 Å². The molecule has 1 aliphatic heterocycles. The summed E-state index contributed by atoms with van der Waals surface area (Å²) in [6.07, 6.45) is 5.13. The Morgan fingerprint density at radius 2 is 2.00 bits per heavy atom. The first-order valence-corrected chi connectivity index (χ1v) is 10.6. The predicted molar refractivity (Wildman–Crippen MR) is 106 cm³/mol. The maximum atomic E-state index is 12.7. The van der Waals surface area contributed by atoms with Crippen LogP contribution in [0, 0.1) is 10.8 Å². The lowest BCUT2D eigenvalue weighted by Crippen LogP contribution is -2.39. The van der Waals surface area contributed by atoms with Crippen LogP contribution in [0.4, 0.5) is 0 Å². The van der Waals surface area contributed by atoms with Crippen molar-refractivity contribution in [3.05, 3.63) is 23.8 Å². The number of amides is 1. The van der Waals surface area contributed by atoms with Gasteiger partial charge in [0, 0.05) is 17.5 Å². The van der Waals surface area contributed by atoms with E-state index in [4.69, 9.17) is 9.47 Å². The van der Waals surface area contributed by atoms with E-state index in [1.54, 1.807) is 23.9 Å². The van der Waals surface area contributed by atoms with Crippen LogP contribution in [0.3, 0.4) is 0 Å². The van der Waals surface area contributed by atoms with Crippen molar-refractivity contribution in [2.45, 2.75) is 51.0 Å². The lowest BCUT2D eigenvalue weighted by Gasteiger charge is -2.39. The van der Waals surface area contributed by atoms with Crippen molar-refractivity contribution >= 4 is 23.6 Å². The van der Waals surface area contributed by atoms with Crippen LogP contribution in [-0.2, 0) is 9.53 Å². The number of thioether (sulfide) groups is 1. The number of methoxy groups -OCH3 is 1. The van der Waals surface area contributed by atoms with Crippen LogP contribution in [0.1, 0.15) is 50.4 Å². The molecule has 1 heterocycles. The van der Waals surface area contributed by atoms with Crippen LogP contribution in [0.2, 0.25) is 0 Å². The summed E-state index contributed by atoms with van der Waals surface area (Å²) >= 11 is 1.57. The number of esters is 1. The minimum Gasteiger partial charge on any atom is -0.496 e. The first-order valence-electron chi connectivity index (χ1n) is 9.35. The van der Waals surface area contributed by atoms with Crippen molar-refractivity contribution in [3.8, 4) is 5.75 Å². The normalized spacial score (nSPS) is 26.0. The summed E-state index contributed by atoms with van der Waals surface area (Å²) < 4.78 is 10.6. The van der Waals surface area contributed by atoms with Crippen LogP contribution in [0.5, 0.6) is 5.75 Å². The SMILES string of the molecule is COc1cc(SC)ccc1C(=O)OCC(=O)N1C[C@@]2(C)C[C@@H]1CC(C)(C)C2. The summed E-state index contributed by atoms with van der Waals surface area (Å²) in [5.74, 6) is -0.165. The summed E-state index contributed by atoms with van der Waals surface area (Å²) in [6, 6.07) is 5.58. The highest BCUT2D eigenvalue weighted by Gasteiger charge is 2.50. The summed E-state index contributed by atoms with van der Waals surface area (Å²) in [4.78, 5) is 28.1. The number of carbonyl (C=O) groups excluding carboxylic acids is 2. The smallest absolute Gasteiger partial charge is 0.342 e. The van der Waals surface area contributed by atoms with Gasteiger partial charge in [-0.1, -0.05) is 20.8 Å². The third kappa shape index (κ3) is 4.26. The monoisotopic (exact) mass is 391 g/mol. The first kappa shape index (κ1) is 20.1. The van der Waals surface area contributed by atoms with Gasteiger partial charge in [0.05, 0.1) is 7.11 Å². The van der Waals surface area contributed by atoms with E-state index < -0.39 is 5.97 Å². The molecule has 1 saturated heterocycles. The van der Waals surface area contributed by atoms with Crippen molar-refractivity contribution in [1.29, 1.82) is 0 Å². The Hall–Kier alpha value is -1.69. The average molecular weight is 392 g/mol. The van der Waals surface area contributed by atoms with Crippen LogP contribution in [-0.4, -0.2) is 49.3 Å². The second kappa shape index (κ2) is 7.38. The highest BCUT2D eigenvalue weighted by Crippen LogP contribution is 2.52. The molecule has 0 N–H and O–H groups in total. The lowest BCUT2D eigenvalue weighted by molar-refractivity contribution is -0.135. The van der Waals surface area contributed by atoms with Crippen molar-refractivity contribution < 1.29 is 19.1 Å². The minimum absolute atomic E-state index is 0.102. The van der Waals surface area contributed by atoms with E-state index in [0.717, 1.165) is 30.7 Å². The van der Waals surface area contributed by atoms with E-state index in [0.29, 0.717) is 11.3 Å². The number of likely N-dealkylation sites (tertiary alicyclic amines) is 1. The van der Waals surface area contributed by atoms with Crippen molar-refractivity contribution in [1.82, 2.24) is 4.90 Å². The van der Waals surface area contributed by atoms with Gasteiger partial charge in [-0.15, -0.1) is 11.8 Å². The first-order chi connectivity index (χ1) is 12.7. The van der Waals surface area contributed by atoms with Gasteiger partial charge in [0.1, 0.15) is 11.3 Å².